The highest BCUT2D eigenvalue weighted by atomic mass is 35.5. The standard InChI is InChI=1S/C21H22ClFN2O3/c1-11-16(23)10-15(22)20-19(11)14(12(2)25-20)7-8-24-21(26)13-5-6-17(27-3)18(9-13)28-4/h5-6,9-10,25H,7-8H2,1-4H3,(H,24,26). The first-order valence-corrected chi connectivity index (χ1v) is 9.21. The lowest BCUT2D eigenvalue weighted by Crippen LogP contribution is -2.25. The van der Waals surface area contributed by atoms with Crippen LogP contribution in [-0.4, -0.2) is 31.7 Å². The Labute approximate surface area is 167 Å². The van der Waals surface area contributed by atoms with Gasteiger partial charge in [0, 0.05) is 23.2 Å². The molecule has 1 aromatic heterocycles. The molecular formula is C21H22ClFN2O3. The topological polar surface area (TPSA) is 63.3 Å². The molecule has 1 amide bonds. The number of aromatic amines is 1. The minimum Gasteiger partial charge on any atom is -0.493 e. The summed E-state index contributed by atoms with van der Waals surface area (Å²) in [6, 6.07) is 6.31. The maximum absolute atomic E-state index is 14.1. The Bertz CT molecular complexity index is 1050. The van der Waals surface area contributed by atoms with Gasteiger partial charge in [0.25, 0.3) is 5.91 Å². The van der Waals surface area contributed by atoms with E-state index < -0.39 is 0 Å². The summed E-state index contributed by atoms with van der Waals surface area (Å²) in [6.07, 6.45) is 0.547. The normalized spacial score (nSPS) is 10.9. The molecule has 2 aromatic carbocycles. The fourth-order valence-electron chi connectivity index (χ4n) is 3.36. The van der Waals surface area contributed by atoms with Gasteiger partial charge in [0.05, 0.1) is 24.8 Å². The number of ether oxygens (including phenoxy) is 2. The Morgan fingerprint density at radius 2 is 1.89 bits per heavy atom. The van der Waals surface area contributed by atoms with Crippen molar-refractivity contribution < 1.29 is 18.7 Å². The van der Waals surface area contributed by atoms with Gasteiger partial charge in [-0.25, -0.2) is 4.39 Å². The quantitative estimate of drug-likeness (QED) is 0.632. The predicted octanol–water partition coefficient (Wildman–Crippen LogP) is 4.57. The van der Waals surface area contributed by atoms with Crippen LogP contribution in [0.25, 0.3) is 10.9 Å². The number of amides is 1. The zero-order valence-electron chi connectivity index (χ0n) is 16.2. The van der Waals surface area contributed by atoms with Crippen LogP contribution in [0.4, 0.5) is 4.39 Å². The second-order valence-electron chi connectivity index (χ2n) is 6.52. The van der Waals surface area contributed by atoms with E-state index in [-0.39, 0.29) is 11.7 Å². The number of carbonyl (C=O) groups is 1. The molecule has 3 aromatic rings. The molecule has 0 unspecified atom stereocenters. The van der Waals surface area contributed by atoms with Crippen molar-refractivity contribution in [3.8, 4) is 11.5 Å². The molecule has 0 aliphatic carbocycles. The number of H-pyrrole nitrogens is 1. The van der Waals surface area contributed by atoms with Gasteiger partial charge in [-0.1, -0.05) is 11.6 Å². The van der Waals surface area contributed by atoms with Gasteiger partial charge in [-0.3, -0.25) is 4.79 Å². The third kappa shape index (κ3) is 3.64. The minimum absolute atomic E-state index is 0.223. The van der Waals surface area contributed by atoms with Crippen molar-refractivity contribution in [3.63, 3.8) is 0 Å². The molecule has 148 valence electrons. The number of aryl methyl sites for hydroxylation is 2. The maximum Gasteiger partial charge on any atom is 0.251 e. The van der Waals surface area contributed by atoms with E-state index in [0.29, 0.717) is 40.6 Å². The number of nitrogens with one attached hydrogen (secondary N) is 2. The molecule has 1 heterocycles. The van der Waals surface area contributed by atoms with Crippen LogP contribution in [0.2, 0.25) is 5.02 Å². The minimum atomic E-state index is -0.341. The predicted molar refractivity (Wildman–Crippen MR) is 108 cm³/mol. The second-order valence-corrected chi connectivity index (χ2v) is 6.93. The summed E-state index contributed by atoms with van der Waals surface area (Å²) in [6.45, 7) is 4.04. The third-order valence-corrected chi connectivity index (χ3v) is 5.15. The zero-order chi connectivity index (χ0) is 20.4. The summed E-state index contributed by atoms with van der Waals surface area (Å²) in [5.41, 5.74) is 3.59. The van der Waals surface area contributed by atoms with Crippen LogP contribution in [0.3, 0.4) is 0 Å². The lowest BCUT2D eigenvalue weighted by atomic mass is 10.0. The average molecular weight is 405 g/mol. The SMILES string of the molecule is COc1ccc(C(=O)NCCc2c(C)[nH]c3c(Cl)cc(F)c(C)c23)cc1OC. The largest absolute Gasteiger partial charge is 0.493 e. The van der Waals surface area contributed by atoms with Crippen LogP contribution in [0, 0.1) is 19.7 Å². The molecule has 0 aliphatic rings. The van der Waals surface area contributed by atoms with E-state index in [2.05, 4.69) is 10.3 Å². The molecule has 0 spiro atoms. The van der Waals surface area contributed by atoms with Crippen LogP contribution in [-0.2, 0) is 6.42 Å². The Hall–Kier alpha value is -2.73. The van der Waals surface area contributed by atoms with Gasteiger partial charge in [-0.05, 0) is 55.7 Å². The highest BCUT2D eigenvalue weighted by molar-refractivity contribution is 6.35. The summed E-state index contributed by atoms with van der Waals surface area (Å²) in [5, 5.41) is 4.02. The van der Waals surface area contributed by atoms with Gasteiger partial charge in [0.15, 0.2) is 11.5 Å². The van der Waals surface area contributed by atoms with E-state index in [1.807, 2.05) is 6.92 Å². The Morgan fingerprint density at radius 3 is 2.57 bits per heavy atom. The Kier molecular flexibility index (Phi) is 5.79. The highest BCUT2D eigenvalue weighted by Gasteiger charge is 2.17. The van der Waals surface area contributed by atoms with Gasteiger partial charge in [-0.2, -0.15) is 0 Å². The van der Waals surface area contributed by atoms with Crippen molar-refractivity contribution in [2.24, 2.45) is 0 Å². The Balaban J connectivity index is 1.77. The smallest absolute Gasteiger partial charge is 0.251 e. The molecule has 2 N–H and O–H groups in total. The average Bonchev–Trinajstić information content (AvgIpc) is 3.02. The van der Waals surface area contributed by atoms with Gasteiger partial charge < -0.3 is 19.8 Å². The number of aromatic nitrogens is 1. The monoisotopic (exact) mass is 404 g/mol. The summed E-state index contributed by atoms with van der Waals surface area (Å²) in [5.74, 6) is 0.484. The van der Waals surface area contributed by atoms with Crippen LogP contribution in [0.15, 0.2) is 24.3 Å². The number of fused-ring (bicyclic) bond motifs is 1. The van der Waals surface area contributed by atoms with Gasteiger partial charge in [0.1, 0.15) is 5.82 Å². The maximum atomic E-state index is 14.1. The highest BCUT2D eigenvalue weighted by Crippen LogP contribution is 2.33. The van der Waals surface area contributed by atoms with Crippen molar-refractivity contribution in [3.05, 3.63) is 57.5 Å². The summed E-state index contributed by atoms with van der Waals surface area (Å²) in [4.78, 5) is 15.7. The van der Waals surface area contributed by atoms with Crippen molar-refractivity contribution in [1.82, 2.24) is 10.3 Å². The van der Waals surface area contributed by atoms with Crippen LogP contribution < -0.4 is 14.8 Å². The number of benzene rings is 2. The fraction of sp³-hybridized carbons (Fsp3) is 0.286. The number of halogens is 2. The molecule has 0 bridgehead atoms. The van der Waals surface area contributed by atoms with Gasteiger partial charge in [0.2, 0.25) is 0 Å². The molecule has 7 heteroatoms. The summed E-state index contributed by atoms with van der Waals surface area (Å²) in [7, 11) is 3.06. The molecular weight excluding hydrogens is 383 g/mol. The molecule has 0 fully saturated rings. The number of methoxy groups -OCH3 is 2. The van der Waals surface area contributed by atoms with Crippen molar-refractivity contribution in [2.45, 2.75) is 20.3 Å². The van der Waals surface area contributed by atoms with E-state index in [1.54, 1.807) is 25.1 Å². The first kappa shape index (κ1) is 20.0. The Morgan fingerprint density at radius 1 is 1.18 bits per heavy atom. The van der Waals surface area contributed by atoms with Crippen LogP contribution in [0.5, 0.6) is 11.5 Å². The number of carbonyl (C=O) groups excluding carboxylic acids is 1. The van der Waals surface area contributed by atoms with Crippen molar-refractivity contribution in [1.29, 1.82) is 0 Å². The molecule has 3 rings (SSSR count). The fourth-order valence-corrected chi connectivity index (χ4v) is 3.60. The van der Waals surface area contributed by atoms with E-state index in [9.17, 15) is 9.18 Å². The molecule has 0 radical (unpaired) electrons. The van der Waals surface area contributed by atoms with E-state index >= 15 is 0 Å². The molecule has 0 aliphatic heterocycles. The number of rotatable bonds is 6. The third-order valence-electron chi connectivity index (χ3n) is 4.85. The van der Waals surface area contributed by atoms with Crippen LogP contribution in [0.1, 0.15) is 27.2 Å². The molecule has 0 atom stereocenters. The van der Waals surface area contributed by atoms with Crippen molar-refractivity contribution >= 4 is 28.4 Å². The van der Waals surface area contributed by atoms with Crippen LogP contribution >= 0.6 is 11.6 Å². The van der Waals surface area contributed by atoms with E-state index in [4.69, 9.17) is 21.1 Å². The molecule has 0 saturated carbocycles. The summed E-state index contributed by atoms with van der Waals surface area (Å²) < 4.78 is 24.5. The van der Waals surface area contributed by atoms with E-state index in [0.717, 1.165) is 22.2 Å². The number of hydrogen-bond acceptors (Lipinski definition) is 3. The second kappa shape index (κ2) is 8.10. The lowest BCUT2D eigenvalue weighted by molar-refractivity contribution is 0.0953. The van der Waals surface area contributed by atoms with E-state index in [1.165, 1.54) is 20.3 Å². The van der Waals surface area contributed by atoms with Crippen molar-refractivity contribution in [2.75, 3.05) is 20.8 Å². The molecule has 28 heavy (non-hydrogen) atoms. The first-order chi connectivity index (χ1) is 13.4. The first-order valence-electron chi connectivity index (χ1n) is 8.83. The van der Waals surface area contributed by atoms with Gasteiger partial charge >= 0.3 is 0 Å². The molecule has 0 saturated heterocycles. The molecule has 5 nitrogen and oxygen atoms in total. The zero-order valence-corrected chi connectivity index (χ0v) is 17.0. The number of hydrogen-bond donors (Lipinski definition) is 2. The van der Waals surface area contributed by atoms with Gasteiger partial charge in [-0.15, -0.1) is 0 Å². The lowest BCUT2D eigenvalue weighted by Gasteiger charge is -2.10. The summed E-state index contributed by atoms with van der Waals surface area (Å²) >= 11 is 6.17.